The second-order valence-corrected chi connectivity index (χ2v) is 14.7. The summed E-state index contributed by atoms with van der Waals surface area (Å²) in [5.41, 5.74) is 15.4. The van der Waals surface area contributed by atoms with Gasteiger partial charge in [-0.15, -0.1) is 0 Å². The molecule has 0 fully saturated rings. The van der Waals surface area contributed by atoms with E-state index in [9.17, 15) is 0 Å². The van der Waals surface area contributed by atoms with Crippen LogP contribution in [0.1, 0.15) is 42.9 Å². The van der Waals surface area contributed by atoms with Crippen LogP contribution >= 0.6 is 0 Å². The Bertz CT molecular complexity index is 1920. The van der Waals surface area contributed by atoms with Crippen LogP contribution in [0.5, 0.6) is 0 Å². The van der Waals surface area contributed by atoms with E-state index < -0.39 is 23.2 Å². The molecule has 6 aromatic rings. The summed E-state index contributed by atoms with van der Waals surface area (Å²) in [7, 11) is 0. The molecule has 0 saturated heterocycles. The van der Waals surface area contributed by atoms with Crippen molar-refractivity contribution in [2.75, 3.05) is 0 Å². The Balaban J connectivity index is 1.44. The minimum absolute atomic E-state index is 0.209. The first kappa shape index (κ1) is 26.3. The van der Waals surface area contributed by atoms with E-state index in [1.807, 2.05) is 0 Å². The van der Waals surface area contributed by atoms with Gasteiger partial charge in [0.1, 0.15) is 0 Å². The normalized spacial score (nSPS) is 15.9. The van der Waals surface area contributed by atoms with E-state index in [1.165, 1.54) is 61.2 Å². The summed E-state index contributed by atoms with van der Waals surface area (Å²) in [5.74, 6) is 0.209. The number of hydrogen-bond donors (Lipinski definition) is 0. The fourth-order valence-electron chi connectivity index (χ4n) is 7.04. The van der Waals surface area contributed by atoms with E-state index in [2.05, 4.69) is 170 Å². The van der Waals surface area contributed by atoms with Crippen LogP contribution in [0, 0.1) is 0 Å². The van der Waals surface area contributed by atoms with Gasteiger partial charge in [-0.25, -0.2) is 0 Å². The molecule has 1 heteroatoms. The molecule has 1 atom stereocenters. The van der Waals surface area contributed by atoms with Gasteiger partial charge in [-0.05, 0) is 0 Å². The maximum atomic E-state index is 2.39. The van der Waals surface area contributed by atoms with Gasteiger partial charge >= 0.3 is 267 Å². The van der Waals surface area contributed by atoms with E-state index in [1.54, 1.807) is 3.28 Å². The molecule has 0 aromatic heterocycles. The number of fused-ring (bicyclic) bond motifs is 3. The Morgan fingerprint density at radius 2 is 0.791 bits per heavy atom. The molecule has 2 aliphatic rings. The predicted octanol–water partition coefficient (Wildman–Crippen LogP) is 10.7. The number of rotatable bonds is 6. The van der Waals surface area contributed by atoms with Crippen molar-refractivity contribution >= 4 is 16.7 Å². The Hall–Kier alpha value is -4.32. The van der Waals surface area contributed by atoms with Gasteiger partial charge in [0.05, 0.1) is 0 Å². The summed E-state index contributed by atoms with van der Waals surface area (Å²) in [6.07, 6.45) is 0. The van der Waals surface area contributed by atoms with Crippen LogP contribution in [0.2, 0.25) is 0 Å². The van der Waals surface area contributed by atoms with Crippen molar-refractivity contribution in [3.05, 3.63) is 207 Å². The molecule has 1 unspecified atom stereocenters. The van der Waals surface area contributed by atoms with Crippen molar-refractivity contribution in [3.8, 4) is 11.1 Å². The number of hydrogen-bond acceptors (Lipinski definition) is 0. The van der Waals surface area contributed by atoms with Gasteiger partial charge < -0.3 is 0 Å². The summed E-state index contributed by atoms with van der Waals surface area (Å²) in [6.45, 7) is 0. The Labute approximate surface area is 265 Å². The summed E-state index contributed by atoms with van der Waals surface area (Å²) in [5, 5.41) is 0. The fraction of sp³-hybridized carbons (Fsp3) is 0.0476. The topological polar surface area (TPSA) is 0 Å². The molecule has 0 heterocycles. The second-order valence-electron chi connectivity index (χ2n) is 11.3. The molecule has 202 valence electrons. The first-order valence-corrected chi connectivity index (χ1v) is 17.7. The minimum atomic E-state index is -1.28. The summed E-state index contributed by atoms with van der Waals surface area (Å²) < 4.78 is 2.12. The molecule has 43 heavy (non-hydrogen) atoms. The van der Waals surface area contributed by atoms with Crippen LogP contribution in [0.4, 0.5) is 0 Å². The Morgan fingerprint density at radius 1 is 0.372 bits per heavy atom. The van der Waals surface area contributed by atoms with Gasteiger partial charge in [0.25, 0.3) is 0 Å². The van der Waals surface area contributed by atoms with E-state index in [-0.39, 0.29) is 5.92 Å². The van der Waals surface area contributed by atoms with Gasteiger partial charge in [-0.1, -0.05) is 0 Å². The second kappa shape index (κ2) is 11.4. The van der Waals surface area contributed by atoms with Crippen molar-refractivity contribution in [3.63, 3.8) is 0 Å². The quantitative estimate of drug-likeness (QED) is 0.173. The van der Waals surface area contributed by atoms with Crippen LogP contribution in [0.25, 0.3) is 27.8 Å². The summed E-state index contributed by atoms with van der Waals surface area (Å²) >= 11 is -1.28. The van der Waals surface area contributed by atoms with Crippen LogP contribution in [-0.2, 0) is 23.2 Å². The van der Waals surface area contributed by atoms with E-state index in [0.29, 0.717) is 3.63 Å². The van der Waals surface area contributed by atoms with Gasteiger partial charge in [0.2, 0.25) is 0 Å². The molecule has 6 aromatic carbocycles. The molecule has 0 N–H and O–H groups in total. The Morgan fingerprint density at radius 3 is 1.33 bits per heavy atom. The van der Waals surface area contributed by atoms with Crippen molar-refractivity contribution in [2.45, 2.75) is 9.54 Å². The van der Waals surface area contributed by atoms with Gasteiger partial charge in [0.15, 0.2) is 0 Å². The monoisotopic (exact) mass is 624 g/mol. The van der Waals surface area contributed by atoms with Crippen molar-refractivity contribution in [1.29, 1.82) is 0 Å². The zero-order chi connectivity index (χ0) is 28.6. The molecular formula is C42H30Zr. The molecular weight excluding hydrogens is 596 g/mol. The van der Waals surface area contributed by atoms with Gasteiger partial charge in [-0.3, -0.25) is 0 Å². The molecule has 0 bridgehead atoms. The first-order chi connectivity index (χ1) is 21.4. The SMILES string of the molecule is c1ccc(C2=[C]([Zr][CH]3c4ccccc4-c4ccccc43)C(c3ccccc3)C(c3ccccc3)=C2c2ccccc2)cc1. The maximum absolute atomic E-state index is 2.39. The average Bonchev–Trinajstić information content (AvgIpc) is 3.60. The molecule has 0 saturated carbocycles. The average molecular weight is 626 g/mol. The van der Waals surface area contributed by atoms with E-state index in [4.69, 9.17) is 0 Å². The molecule has 0 spiro atoms. The number of benzene rings is 6. The zero-order valence-electron chi connectivity index (χ0n) is 23.8. The molecule has 2 aliphatic carbocycles. The standard InChI is InChI=1S/C29H21.C13H9.Zr/c1-5-13-22(14-6-1)26-21-27(23-15-7-2-8-16-23)29(25-19-11-4-12-20-25)28(26)24-17-9-3-10-18-24;1-3-7-12-10(5-1)9-11-6-2-4-8-13(11)12;/h1-20,26H;1-9H;. The molecule has 0 aliphatic heterocycles. The zero-order valence-corrected chi connectivity index (χ0v) is 26.3. The third kappa shape index (κ3) is 4.64. The fourth-order valence-corrected chi connectivity index (χ4v) is 12.0. The van der Waals surface area contributed by atoms with Crippen molar-refractivity contribution < 1.29 is 23.2 Å². The summed E-state index contributed by atoms with van der Waals surface area (Å²) in [6, 6.07) is 63.0. The Kier molecular flexibility index (Phi) is 6.98. The van der Waals surface area contributed by atoms with E-state index >= 15 is 0 Å². The third-order valence-electron chi connectivity index (χ3n) is 8.84. The van der Waals surface area contributed by atoms with Gasteiger partial charge in [0, 0.05) is 0 Å². The number of allylic oxidation sites excluding steroid dienone is 4. The van der Waals surface area contributed by atoms with Gasteiger partial charge in [-0.2, -0.15) is 0 Å². The molecule has 8 rings (SSSR count). The molecule has 0 radical (unpaired) electrons. The summed E-state index contributed by atoms with van der Waals surface area (Å²) in [4.78, 5) is 0. The molecule has 0 amide bonds. The molecule has 0 nitrogen and oxygen atoms in total. The van der Waals surface area contributed by atoms with E-state index in [0.717, 1.165) is 0 Å². The van der Waals surface area contributed by atoms with Crippen LogP contribution in [0.3, 0.4) is 0 Å². The predicted molar refractivity (Wildman–Crippen MR) is 176 cm³/mol. The van der Waals surface area contributed by atoms with Crippen LogP contribution in [-0.4, -0.2) is 0 Å². The first-order valence-electron chi connectivity index (χ1n) is 15.0. The van der Waals surface area contributed by atoms with Crippen molar-refractivity contribution in [2.24, 2.45) is 0 Å². The van der Waals surface area contributed by atoms with Crippen molar-refractivity contribution in [1.82, 2.24) is 0 Å². The van der Waals surface area contributed by atoms with Crippen LogP contribution in [0.15, 0.2) is 173 Å². The van der Waals surface area contributed by atoms with Crippen LogP contribution < -0.4 is 0 Å². The third-order valence-corrected chi connectivity index (χ3v) is 13.2.